The van der Waals surface area contributed by atoms with Crippen LogP contribution in [-0.4, -0.2) is 23.7 Å². The van der Waals surface area contributed by atoms with Gasteiger partial charge in [0.1, 0.15) is 5.52 Å². The number of carbonyl (C=O) groups excluding carboxylic acids is 2. The first kappa shape index (κ1) is 16.0. The van der Waals surface area contributed by atoms with Gasteiger partial charge in [0.25, 0.3) is 5.69 Å². The molecular formula is C17H18N2O5. The van der Waals surface area contributed by atoms with Crippen LogP contribution in [0.4, 0.5) is 0 Å². The van der Waals surface area contributed by atoms with Gasteiger partial charge in [-0.1, -0.05) is 18.7 Å². The predicted molar refractivity (Wildman–Crippen MR) is 85.7 cm³/mol. The number of cyclic esters (lactones) is 1. The number of aromatic nitrogens is 2. The van der Waals surface area contributed by atoms with Gasteiger partial charge in [0.15, 0.2) is 0 Å². The zero-order valence-electron chi connectivity index (χ0n) is 14.0. The highest BCUT2D eigenvalue weighted by molar-refractivity contribution is 5.98. The number of hydrogen-bond donors (Lipinski definition) is 0. The summed E-state index contributed by atoms with van der Waals surface area (Å²) < 4.78 is 11.4. The number of allylic oxidation sites excluding steroid dienone is 1. The zero-order valence-corrected chi connectivity index (χ0v) is 14.0. The van der Waals surface area contributed by atoms with Gasteiger partial charge >= 0.3 is 11.9 Å². The molecule has 126 valence electrons. The van der Waals surface area contributed by atoms with Crippen molar-refractivity contribution in [3.8, 4) is 0 Å². The number of benzene rings is 1. The smallest absolute Gasteiger partial charge is 0.337 e. The third-order valence-corrected chi connectivity index (χ3v) is 4.06. The molecule has 2 heterocycles. The molecule has 3 rings (SSSR count). The Kier molecular flexibility index (Phi) is 3.59. The number of fused-ring (bicyclic) bond motifs is 1. The maximum absolute atomic E-state index is 12.6. The maximum Gasteiger partial charge on any atom is 0.337 e. The first-order chi connectivity index (χ1) is 11.2. The SMILES string of the molecule is COC(=O)c1ccc2c(c1)c(C1=CC(C)(C)CC(=O)O1)[n+]([O-])n2C. The van der Waals surface area contributed by atoms with Crippen molar-refractivity contribution < 1.29 is 23.9 Å². The van der Waals surface area contributed by atoms with Crippen LogP contribution in [0.15, 0.2) is 24.3 Å². The van der Waals surface area contributed by atoms with Crippen LogP contribution in [0, 0.1) is 10.6 Å². The quantitative estimate of drug-likeness (QED) is 0.477. The van der Waals surface area contributed by atoms with E-state index in [1.54, 1.807) is 31.3 Å². The van der Waals surface area contributed by atoms with Gasteiger partial charge < -0.3 is 14.7 Å². The average molecular weight is 330 g/mol. The molecule has 0 radical (unpaired) electrons. The van der Waals surface area contributed by atoms with E-state index >= 15 is 0 Å². The summed E-state index contributed by atoms with van der Waals surface area (Å²) in [6, 6.07) is 4.82. The number of rotatable bonds is 2. The Morgan fingerprint density at radius 1 is 1.42 bits per heavy atom. The Morgan fingerprint density at radius 2 is 2.12 bits per heavy atom. The Balaban J connectivity index is 2.27. The number of aryl methyl sites for hydroxylation is 1. The van der Waals surface area contributed by atoms with E-state index in [2.05, 4.69) is 0 Å². The minimum absolute atomic E-state index is 0.207. The zero-order chi connectivity index (χ0) is 17.6. The fourth-order valence-corrected chi connectivity index (χ4v) is 2.91. The van der Waals surface area contributed by atoms with Crippen molar-refractivity contribution in [1.29, 1.82) is 0 Å². The summed E-state index contributed by atoms with van der Waals surface area (Å²) in [4.78, 5) is 24.3. The molecule has 0 amide bonds. The van der Waals surface area contributed by atoms with Gasteiger partial charge in [0.05, 0.1) is 31.5 Å². The van der Waals surface area contributed by atoms with Gasteiger partial charge in [-0.15, -0.1) is 4.68 Å². The summed E-state index contributed by atoms with van der Waals surface area (Å²) >= 11 is 0. The summed E-state index contributed by atoms with van der Waals surface area (Å²) in [5.74, 6) is -0.684. The summed E-state index contributed by atoms with van der Waals surface area (Å²) in [7, 11) is 2.90. The van der Waals surface area contributed by atoms with E-state index in [0.29, 0.717) is 21.3 Å². The summed E-state index contributed by atoms with van der Waals surface area (Å²) in [5.41, 5.74) is 0.728. The first-order valence-corrected chi connectivity index (χ1v) is 7.48. The molecule has 2 aromatic rings. The number of ether oxygens (including phenoxy) is 2. The third kappa shape index (κ3) is 2.51. The molecule has 0 fully saturated rings. The lowest BCUT2D eigenvalue weighted by Gasteiger charge is -2.24. The molecule has 1 aliphatic rings. The number of carbonyl (C=O) groups is 2. The lowest BCUT2D eigenvalue weighted by Crippen LogP contribution is -2.39. The fraction of sp³-hybridized carbons (Fsp3) is 0.353. The van der Waals surface area contributed by atoms with Crippen LogP contribution in [-0.2, 0) is 21.3 Å². The lowest BCUT2D eigenvalue weighted by atomic mass is 9.86. The first-order valence-electron chi connectivity index (χ1n) is 7.48. The Hall–Kier alpha value is -2.83. The minimum atomic E-state index is -0.501. The van der Waals surface area contributed by atoms with Gasteiger partial charge in [0.2, 0.25) is 5.76 Å². The van der Waals surface area contributed by atoms with E-state index in [9.17, 15) is 14.8 Å². The van der Waals surface area contributed by atoms with Gasteiger partial charge in [0, 0.05) is 0 Å². The van der Waals surface area contributed by atoms with Crippen molar-refractivity contribution in [2.75, 3.05) is 7.11 Å². The normalized spacial score (nSPS) is 16.7. The van der Waals surface area contributed by atoms with Crippen molar-refractivity contribution in [3.63, 3.8) is 0 Å². The highest BCUT2D eigenvalue weighted by Crippen LogP contribution is 2.35. The summed E-state index contributed by atoms with van der Waals surface area (Å²) in [6.07, 6.45) is 2.01. The van der Waals surface area contributed by atoms with Crippen molar-refractivity contribution in [1.82, 2.24) is 4.68 Å². The van der Waals surface area contributed by atoms with E-state index in [1.807, 2.05) is 13.8 Å². The van der Waals surface area contributed by atoms with E-state index < -0.39 is 17.4 Å². The monoisotopic (exact) mass is 330 g/mol. The lowest BCUT2D eigenvalue weighted by molar-refractivity contribution is -0.691. The van der Waals surface area contributed by atoms with E-state index in [-0.39, 0.29) is 17.9 Å². The molecule has 7 nitrogen and oxygen atoms in total. The molecule has 0 bridgehead atoms. The van der Waals surface area contributed by atoms with Crippen LogP contribution < -0.4 is 4.85 Å². The minimum Gasteiger partial charge on any atom is -0.595 e. The van der Waals surface area contributed by atoms with E-state index in [4.69, 9.17) is 9.47 Å². The molecular weight excluding hydrogens is 312 g/mol. The third-order valence-electron chi connectivity index (χ3n) is 4.06. The second-order valence-corrected chi connectivity index (χ2v) is 6.52. The molecule has 0 unspecified atom stereocenters. The Morgan fingerprint density at radius 3 is 2.75 bits per heavy atom. The summed E-state index contributed by atoms with van der Waals surface area (Å²) in [5, 5.41) is 13.1. The molecule has 7 heteroatoms. The molecule has 1 aromatic heterocycles. The highest BCUT2D eigenvalue weighted by atomic mass is 16.5. The molecule has 0 saturated heterocycles. The highest BCUT2D eigenvalue weighted by Gasteiger charge is 2.34. The van der Waals surface area contributed by atoms with E-state index in [0.717, 1.165) is 0 Å². The topological polar surface area (TPSA) is 84.5 Å². The second-order valence-electron chi connectivity index (χ2n) is 6.52. The van der Waals surface area contributed by atoms with Gasteiger partial charge in [-0.05, 0) is 29.7 Å². The predicted octanol–water partition coefficient (Wildman–Crippen LogP) is 1.91. The van der Waals surface area contributed by atoms with Gasteiger partial charge in [-0.3, -0.25) is 4.79 Å². The summed E-state index contributed by atoms with van der Waals surface area (Å²) in [6.45, 7) is 3.79. The van der Waals surface area contributed by atoms with E-state index in [1.165, 1.54) is 11.8 Å². The standard InChI is InChI=1S/C17H18N2O5/c1-17(2)8-13(24-14(20)9-17)15-11-7-10(16(21)23-4)5-6-12(11)18(3)19(15)22/h5-8H,9H2,1-4H3. The molecule has 0 saturated carbocycles. The molecule has 24 heavy (non-hydrogen) atoms. The van der Waals surface area contributed by atoms with Crippen LogP contribution >= 0.6 is 0 Å². The molecule has 1 aromatic carbocycles. The Labute approximate surface area is 138 Å². The second kappa shape index (κ2) is 5.36. The average Bonchev–Trinajstić information content (AvgIpc) is 2.75. The van der Waals surface area contributed by atoms with Crippen molar-refractivity contribution in [3.05, 3.63) is 40.7 Å². The molecule has 0 N–H and O–H groups in total. The fourth-order valence-electron chi connectivity index (χ4n) is 2.91. The number of hydrogen-bond acceptors (Lipinski definition) is 5. The van der Waals surface area contributed by atoms with Crippen LogP contribution in [0.25, 0.3) is 16.7 Å². The molecule has 0 atom stereocenters. The molecule has 0 spiro atoms. The van der Waals surface area contributed by atoms with Crippen LogP contribution in [0.3, 0.4) is 0 Å². The van der Waals surface area contributed by atoms with Gasteiger partial charge in [-0.2, -0.15) is 0 Å². The number of esters is 2. The maximum atomic E-state index is 12.6. The van der Waals surface area contributed by atoms with Crippen molar-refractivity contribution >= 4 is 28.6 Å². The van der Waals surface area contributed by atoms with Crippen molar-refractivity contribution in [2.24, 2.45) is 12.5 Å². The number of nitrogens with zero attached hydrogens (tertiary/aromatic N) is 2. The number of methoxy groups -OCH3 is 1. The molecule has 1 aliphatic heterocycles. The Bertz CT molecular complexity index is 892. The van der Waals surface area contributed by atoms with Gasteiger partial charge in [-0.25, -0.2) is 4.79 Å². The van der Waals surface area contributed by atoms with Crippen molar-refractivity contribution in [2.45, 2.75) is 20.3 Å². The van der Waals surface area contributed by atoms with Crippen LogP contribution in [0.1, 0.15) is 36.3 Å². The molecule has 0 aliphatic carbocycles. The van der Waals surface area contributed by atoms with Crippen LogP contribution in [0.2, 0.25) is 0 Å². The largest absolute Gasteiger partial charge is 0.595 e. The van der Waals surface area contributed by atoms with Crippen LogP contribution in [0.5, 0.6) is 0 Å².